The number of para-hydroxylation sites is 1. The lowest BCUT2D eigenvalue weighted by Crippen LogP contribution is -2.36. The fraction of sp³-hybridized carbons (Fsp3) is 0.227. The van der Waals surface area contributed by atoms with Gasteiger partial charge in [-0.1, -0.05) is 29.8 Å². The van der Waals surface area contributed by atoms with Gasteiger partial charge in [-0.15, -0.1) is 0 Å². The fourth-order valence-electron chi connectivity index (χ4n) is 4.16. The molecule has 0 N–H and O–H groups in total. The van der Waals surface area contributed by atoms with Crippen molar-refractivity contribution in [2.75, 3.05) is 4.90 Å². The number of carbonyl (C=O) groups is 2. The van der Waals surface area contributed by atoms with E-state index < -0.39 is 37.7 Å². The molecule has 1 aromatic heterocycles. The average Bonchev–Trinajstić information content (AvgIpc) is 3.56. The summed E-state index contributed by atoms with van der Waals surface area (Å²) in [6.45, 7) is 0.0312. The number of imide groups is 1. The number of alkyl halides is 3. The number of anilines is 1. The van der Waals surface area contributed by atoms with Gasteiger partial charge >= 0.3 is 11.5 Å². The van der Waals surface area contributed by atoms with Crippen molar-refractivity contribution < 1.29 is 31.2 Å². The van der Waals surface area contributed by atoms with E-state index in [4.69, 9.17) is 11.6 Å². The lowest BCUT2D eigenvalue weighted by atomic mass is 10.1. The van der Waals surface area contributed by atoms with Gasteiger partial charge in [0, 0.05) is 17.1 Å². The SMILES string of the molecule is O=C1N(c2ccc(S(=O)(=O)C(F)(F)F)cc2)C(=O)C2(CC2)N1Cc1c(Cl)cnc2ccccc12. The molecule has 1 saturated carbocycles. The zero-order valence-corrected chi connectivity index (χ0v) is 18.8. The van der Waals surface area contributed by atoms with Crippen molar-refractivity contribution in [2.45, 2.75) is 35.3 Å². The number of amides is 3. The van der Waals surface area contributed by atoms with Gasteiger partial charge in [0.25, 0.3) is 15.7 Å². The molecule has 2 aromatic carbocycles. The van der Waals surface area contributed by atoms with Crippen LogP contribution in [0.5, 0.6) is 0 Å². The summed E-state index contributed by atoms with van der Waals surface area (Å²) in [6, 6.07) is 10.0. The van der Waals surface area contributed by atoms with Crippen LogP contribution in [0.2, 0.25) is 5.02 Å². The molecule has 2 fully saturated rings. The molecule has 0 unspecified atom stereocenters. The first kappa shape index (κ1) is 22.6. The van der Waals surface area contributed by atoms with Crippen molar-refractivity contribution in [3.63, 3.8) is 0 Å². The van der Waals surface area contributed by atoms with Gasteiger partial charge in [0.05, 0.1) is 27.7 Å². The summed E-state index contributed by atoms with van der Waals surface area (Å²) in [5.74, 6) is -0.515. The van der Waals surface area contributed by atoms with Crippen LogP contribution < -0.4 is 4.90 Å². The second-order valence-electron chi connectivity index (χ2n) is 8.09. The summed E-state index contributed by atoms with van der Waals surface area (Å²) in [5, 5.41) is 1.06. The minimum atomic E-state index is -5.55. The zero-order valence-electron chi connectivity index (χ0n) is 17.2. The number of pyridine rings is 1. The average molecular weight is 510 g/mol. The Labute approximate surface area is 196 Å². The molecule has 7 nitrogen and oxygen atoms in total. The van der Waals surface area contributed by atoms with Crippen LogP contribution in [-0.2, 0) is 21.2 Å². The van der Waals surface area contributed by atoms with E-state index in [1.54, 1.807) is 12.1 Å². The minimum Gasteiger partial charge on any atom is -0.305 e. The number of carbonyl (C=O) groups excluding carboxylic acids is 2. The van der Waals surface area contributed by atoms with Crippen LogP contribution in [0.4, 0.5) is 23.7 Å². The topological polar surface area (TPSA) is 87.7 Å². The highest BCUT2D eigenvalue weighted by atomic mass is 35.5. The molecule has 0 atom stereocenters. The highest BCUT2D eigenvalue weighted by molar-refractivity contribution is 7.92. The molecule has 3 amide bonds. The molecule has 176 valence electrons. The summed E-state index contributed by atoms with van der Waals surface area (Å²) < 4.78 is 61.7. The standard InChI is InChI=1S/C22H15ClF3N3O4S/c23-17-11-27-18-4-2-1-3-15(18)16(17)12-28-20(31)29(19(30)21(28)9-10-21)13-5-7-14(8-6-13)34(32,33)22(24,25)26/h1-8,11H,9-10,12H2. The Bertz CT molecular complexity index is 1450. The van der Waals surface area contributed by atoms with E-state index in [0.29, 0.717) is 28.9 Å². The molecule has 12 heteroatoms. The maximum Gasteiger partial charge on any atom is 0.501 e. The summed E-state index contributed by atoms with van der Waals surface area (Å²) in [4.78, 5) is 32.1. The Morgan fingerprint density at radius 1 is 1.03 bits per heavy atom. The van der Waals surface area contributed by atoms with Crippen LogP contribution >= 0.6 is 11.6 Å². The molecule has 1 saturated heterocycles. The predicted octanol–water partition coefficient (Wildman–Crippen LogP) is 4.68. The van der Waals surface area contributed by atoms with Gasteiger partial charge in [-0.3, -0.25) is 9.78 Å². The first-order valence-electron chi connectivity index (χ1n) is 10.1. The van der Waals surface area contributed by atoms with Gasteiger partial charge in [-0.05, 0) is 43.2 Å². The smallest absolute Gasteiger partial charge is 0.305 e. The Hall–Kier alpha value is -3.18. The second kappa shape index (κ2) is 7.41. The normalized spacial score (nSPS) is 17.8. The number of nitrogens with zero attached hydrogens (tertiary/aromatic N) is 3. The molecule has 5 rings (SSSR count). The van der Waals surface area contributed by atoms with Gasteiger partial charge in [0.1, 0.15) is 5.54 Å². The van der Waals surface area contributed by atoms with E-state index in [9.17, 15) is 31.2 Å². The third-order valence-corrected chi connectivity index (χ3v) is 7.95. The minimum absolute atomic E-state index is 0.0180. The Morgan fingerprint density at radius 3 is 2.29 bits per heavy atom. The van der Waals surface area contributed by atoms with Crippen molar-refractivity contribution in [3.8, 4) is 0 Å². The van der Waals surface area contributed by atoms with Crippen molar-refractivity contribution in [3.05, 3.63) is 65.3 Å². The molecule has 3 aromatic rings. The quantitative estimate of drug-likeness (QED) is 0.476. The second-order valence-corrected chi connectivity index (χ2v) is 10.4. The van der Waals surface area contributed by atoms with Crippen LogP contribution in [0.1, 0.15) is 18.4 Å². The van der Waals surface area contributed by atoms with Crippen molar-refractivity contribution in [1.29, 1.82) is 0 Å². The number of hydrogen-bond acceptors (Lipinski definition) is 5. The number of halogens is 4. The molecule has 1 aliphatic heterocycles. The summed E-state index contributed by atoms with van der Waals surface area (Å²) >= 11 is 6.38. The molecule has 2 aliphatic rings. The lowest BCUT2D eigenvalue weighted by molar-refractivity contribution is -0.120. The predicted molar refractivity (Wildman–Crippen MR) is 117 cm³/mol. The van der Waals surface area contributed by atoms with Crippen LogP contribution in [0, 0.1) is 0 Å². The molecule has 0 bridgehead atoms. The monoisotopic (exact) mass is 509 g/mol. The molecular weight excluding hydrogens is 495 g/mol. The Balaban J connectivity index is 1.50. The zero-order chi connectivity index (χ0) is 24.5. The van der Waals surface area contributed by atoms with E-state index in [0.717, 1.165) is 34.6 Å². The van der Waals surface area contributed by atoms with Gasteiger partial charge in [0.2, 0.25) is 0 Å². The van der Waals surface area contributed by atoms with E-state index in [1.165, 1.54) is 11.1 Å². The molecule has 0 radical (unpaired) electrons. The van der Waals surface area contributed by atoms with Crippen LogP contribution in [0.25, 0.3) is 10.9 Å². The molecular formula is C22H15ClF3N3O4S. The van der Waals surface area contributed by atoms with Gasteiger partial charge < -0.3 is 4.90 Å². The first-order valence-corrected chi connectivity index (χ1v) is 11.9. The van der Waals surface area contributed by atoms with Gasteiger partial charge in [-0.2, -0.15) is 13.2 Å². The highest BCUT2D eigenvalue weighted by Gasteiger charge is 2.65. The first-order chi connectivity index (χ1) is 16.0. The Morgan fingerprint density at radius 2 is 1.68 bits per heavy atom. The molecule has 2 heterocycles. The van der Waals surface area contributed by atoms with E-state index >= 15 is 0 Å². The lowest BCUT2D eigenvalue weighted by Gasteiger charge is -2.22. The number of benzene rings is 2. The van der Waals surface area contributed by atoms with Crippen LogP contribution in [0.3, 0.4) is 0 Å². The highest BCUT2D eigenvalue weighted by Crippen LogP contribution is 2.50. The molecule has 1 spiro atoms. The summed E-state index contributed by atoms with van der Waals surface area (Å²) in [6.07, 6.45) is 2.32. The Kier molecular flexibility index (Phi) is 4.93. The number of rotatable bonds is 4. The fourth-order valence-corrected chi connectivity index (χ4v) is 5.14. The largest absolute Gasteiger partial charge is 0.501 e. The molecule has 34 heavy (non-hydrogen) atoms. The van der Waals surface area contributed by atoms with E-state index in [2.05, 4.69) is 4.98 Å². The van der Waals surface area contributed by atoms with Crippen molar-refractivity contribution in [1.82, 2.24) is 9.88 Å². The maximum absolute atomic E-state index is 13.3. The molecule has 1 aliphatic carbocycles. The van der Waals surface area contributed by atoms with Crippen molar-refractivity contribution in [2.24, 2.45) is 0 Å². The van der Waals surface area contributed by atoms with E-state index in [1.807, 2.05) is 12.1 Å². The third kappa shape index (κ3) is 3.25. The number of urea groups is 1. The number of fused-ring (bicyclic) bond motifs is 1. The maximum atomic E-state index is 13.3. The van der Waals surface area contributed by atoms with Crippen LogP contribution in [-0.4, -0.2) is 41.3 Å². The van der Waals surface area contributed by atoms with Crippen molar-refractivity contribution >= 4 is 50.0 Å². The number of aromatic nitrogens is 1. The number of hydrogen-bond donors (Lipinski definition) is 0. The van der Waals surface area contributed by atoms with Crippen LogP contribution in [0.15, 0.2) is 59.6 Å². The van der Waals surface area contributed by atoms with E-state index in [-0.39, 0.29) is 12.2 Å². The number of sulfone groups is 1. The third-order valence-electron chi connectivity index (χ3n) is 6.12. The summed E-state index contributed by atoms with van der Waals surface area (Å²) in [7, 11) is -5.55. The summed E-state index contributed by atoms with van der Waals surface area (Å²) in [5.41, 5.74) is -5.26. The van der Waals surface area contributed by atoms with Gasteiger partial charge in [-0.25, -0.2) is 18.1 Å². The van der Waals surface area contributed by atoms with Gasteiger partial charge in [0.15, 0.2) is 0 Å².